The fraction of sp³-hybridized carbons (Fsp3) is 0.333. The van der Waals surface area contributed by atoms with E-state index in [-0.39, 0.29) is 6.04 Å². The molecule has 2 rings (SSSR count). The Morgan fingerprint density at radius 3 is 2.20 bits per heavy atom. The molecule has 2 aromatic rings. The van der Waals surface area contributed by atoms with Crippen LogP contribution in [0.1, 0.15) is 29.2 Å². The highest BCUT2D eigenvalue weighted by Gasteiger charge is 2.20. The maximum absolute atomic E-state index is 5.98. The van der Waals surface area contributed by atoms with E-state index in [0.29, 0.717) is 0 Å². The average molecular weight is 360 g/mol. The van der Waals surface area contributed by atoms with Gasteiger partial charge in [-0.1, -0.05) is 36.4 Å². The largest absolute Gasteiger partial charge is 0.493 e. The predicted molar refractivity (Wildman–Crippen MR) is 106 cm³/mol. The molecule has 25 heavy (non-hydrogen) atoms. The number of halogens is 1. The molecule has 3 nitrogen and oxygen atoms in total. The molecule has 0 fully saturated rings. The van der Waals surface area contributed by atoms with Crippen molar-refractivity contribution in [3.8, 4) is 11.5 Å². The SMILES string of the molecule is C=Cc1cc(OC)c(OC)cc1[C@@H](CCc1ccc(Cl)cc1)N(C)C. The number of nitrogens with zero attached hydrogens (tertiary/aromatic N) is 1. The molecular weight excluding hydrogens is 334 g/mol. The van der Waals surface area contributed by atoms with Crippen molar-refractivity contribution in [3.63, 3.8) is 0 Å². The van der Waals surface area contributed by atoms with Gasteiger partial charge in [-0.25, -0.2) is 0 Å². The summed E-state index contributed by atoms with van der Waals surface area (Å²) in [4.78, 5) is 2.23. The standard InChI is InChI=1S/C21H26ClNO2/c1-6-16-13-20(24-4)21(25-5)14-18(16)19(23(2)3)12-9-15-7-10-17(22)11-8-15/h6-8,10-11,13-14,19H,1,9,12H2,2-5H3/t19-/m1/s1. The molecule has 0 saturated carbocycles. The topological polar surface area (TPSA) is 21.7 Å². The first-order valence-electron chi connectivity index (χ1n) is 8.29. The van der Waals surface area contributed by atoms with Crippen molar-refractivity contribution >= 4 is 17.7 Å². The lowest BCUT2D eigenvalue weighted by Crippen LogP contribution is -2.21. The van der Waals surface area contributed by atoms with E-state index in [0.717, 1.165) is 34.9 Å². The Morgan fingerprint density at radius 2 is 1.68 bits per heavy atom. The summed E-state index contributed by atoms with van der Waals surface area (Å²) in [7, 11) is 7.49. The van der Waals surface area contributed by atoms with E-state index in [1.165, 1.54) is 11.1 Å². The summed E-state index contributed by atoms with van der Waals surface area (Å²) >= 11 is 5.98. The van der Waals surface area contributed by atoms with Crippen molar-refractivity contribution in [1.82, 2.24) is 4.90 Å². The van der Waals surface area contributed by atoms with Crippen molar-refractivity contribution in [3.05, 3.63) is 64.7 Å². The van der Waals surface area contributed by atoms with Gasteiger partial charge >= 0.3 is 0 Å². The molecule has 0 aliphatic carbocycles. The van der Waals surface area contributed by atoms with Gasteiger partial charge in [-0.2, -0.15) is 0 Å². The highest BCUT2D eigenvalue weighted by atomic mass is 35.5. The fourth-order valence-corrected chi connectivity index (χ4v) is 3.15. The van der Waals surface area contributed by atoms with E-state index in [1.54, 1.807) is 14.2 Å². The first kappa shape index (κ1) is 19.4. The lowest BCUT2D eigenvalue weighted by atomic mass is 9.93. The Labute approximate surface area is 155 Å². The molecule has 0 heterocycles. The van der Waals surface area contributed by atoms with Gasteiger partial charge in [0.05, 0.1) is 14.2 Å². The number of hydrogen-bond donors (Lipinski definition) is 0. The summed E-state index contributed by atoms with van der Waals surface area (Å²) in [6, 6.07) is 12.3. The van der Waals surface area contributed by atoms with E-state index in [9.17, 15) is 0 Å². The summed E-state index contributed by atoms with van der Waals surface area (Å²) in [5.41, 5.74) is 3.52. The van der Waals surface area contributed by atoms with Crippen molar-refractivity contribution in [2.24, 2.45) is 0 Å². The molecule has 134 valence electrons. The maximum Gasteiger partial charge on any atom is 0.161 e. The van der Waals surface area contributed by atoms with Crippen LogP contribution in [0.3, 0.4) is 0 Å². The van der Waals surface area contributed by atoms with Gasteiger partial charge in [-0.15, -0.1) is 0 Å². The van der Waals surface area contributed by atoms with Crippen LogP contribution in [0.2, 0.25) is 5.02 Å². The van der Waals surface area contributed by atoms with Gasteiger partial charge in [0.2, 0.25) is 0 Å². The van der Waals surface area contributed by atoms with Crippen molar-refractivity contribution in [2.75, 3.05) is 28.3 Å². The van der Waals surface area contributed by atoms with Gasteiger partial charge < -0.3 is 14.4 Å². The van der Waals surface area contributed by atoms with Crippen LogP contribution >= 0.6 is 11.6 Å². The summed E-state index contributed by atoms with van der Waals surface area (Å²) in [6.45, 7) is 3.96. The van der Waals surface area contributed by atoms with E-state index in [1.807, 2.05) is 24.3 Å². The minimum Gasteiger partial charge on any atom is -0.493 e. The quantitative estimate of drug-likeness (QED) is 0.643. The number of hydrogen-bond acceptors (Lipinski definition) is 3. The highest BCUT2D eigenvalue weighted by molar-refractivity contribution is 6.30. The normalized spacial score (nSPS) is 12.1. The van der Waals surface area contributed by atoms with Gasteiger partial charge in [0.25, 0.3) is 0 Å². The maximum atomic E-state index is 5.98. The van der Waals surface area contributed by atoms with Gasteiger partial charge in [-0.3, -0.25) is 0 Å². The highest BCUT2D eigenvalue weighted by Crippen LogP contribution is 2.36. The summed E-state index contributed by atoms with van der Waals surface area (Å²) in [5.74, 6) is 1.46. The molecule has 0 spiro atoms. The molecule has 0 aliphatic rings. The van der Waals surface area contributed by atoms with Crippen LogP contribution in [-0.4, -0.2) is 33.2 Å². The number of aryl methyl sites for hydroxylation is 1. The second-order valence-electron chi connectivity index (χ2n) is 6.18. The zero-order valence-electron chi connectivity index (χ0n) is 15.4. The Kier molecular flexibility index (Phi) is 6.91. The summed E-state index contributed by atoms with van der Waals surface area (Å²) < 4.78 is 10.9. The summed E-state index contributed by atoms with van der Waals surface area (Å²) in [6.07, 6.45) is 3.81. The van der Waals surface area contributed by atoms with Gasteiger partial charge in [0.15, 0.2) is 11.5 Å². The minimum absolute atomic E-state index is 0.239. The van der Waals surface area contributed by atoms with Crippen LogP contribution in [0, 0.1) is 0 Å². The first-order valence-corrected chi connectivity index (χ1v) is 8.67. The molecule has 4 heteroatoms. The van der Waals surface area contributed by atoms with Crippen LogP contribution in [0.15, 0.2) is 43.0 Å². The van der Waals surface area contributed by atoms with E-state index >= 15 is 0 Å². The molecule has 1 atom stereocenters. The summed E-state index contributed by atoms with van der Waals surface area (Å²) in [5, 5.41) is 0.766. The number of methoxy groups -OCH3 is 2. The number of rotatable bonds is 8. The Morgan fingerprint density at radius 1 is 1.08 bits per heavy atom. The molecule has 0 unspecified atom stereocenters. The number of ether oxygens (including phenoxy) is 2. The molecule has 2 aromatic carbocycles. The van der Waals surface area contributed by atoms with E-state index in [4.69, 9.17) is 21.1 Å². The molecule has 0 aromatic heterocycles. The van der Waals surface area contributed by atoms with Crippen LogP contribution in [0.25, 0.3) is 6.08 Å². The number of benzene rings is 2. The molecule has 0 bridgehead atoms. The zero-order valence-corrected chi connectivity index (χ0v) is 16.1. The van der Waals surface area contributed by atoms with Crippen LogP contribution < -0.4 is 9.47 Å². The molecule has 0 radical (unpaired) electrons. The Hall–Kier alpha value is -1.97. The third-order valence-electron chi connectivity index (χ3n) is 4.41. The second-order valence-corrected chi connectivity index (χ2v) is 6.62. The van der Waals surface area contributed by atoms with Crippen molar-refractivity contribution < 1.29 is 9.47 Å². The molecular formula is C21H26ClNO2. The molecule has 0 saturated heterocycles. The molecule has 0 amide bonds. The van der Waals surface area contributed by atoms with Crippen molar-refractivity contribution in [2.45, 2.75) is 18.9 Å². The smallest absolute Gasteiger partial charge is 0.161 e. The van der Waals surface area contributed by atoms with E-state index < -0.39 is 0 Å². The van der Waals surface area contributed by atoms with Crippen LogP contribution in [0.4, 0.5) is 0 Å². The molecule has 0 aliphatic heterocycles. The van der Waals surface area contributed by atoms with E-state index in [2.05, 4.69) is 43.8 Å². The van der Waals surface area contributed by atoms with Gasteiger partial charge in [0, 0.05) is 11.1 Å². The van der Waals surface area contributed by atoms with Crippen molar-refractivity contribution in [1.29, 1.82) is 0 Å². The lowest BCUT2D eigenvalue weighted by molar-refractivity contribution is 0.282. The minimum atomic E-state index is 0.239. The predicted octanol–water partition coefficient (Wildman–Crippen LogP) is 5.24. The second kappa shape index (κ2) is 8.93. The first-order chi connectivity index (χ1) is 12.0. The molecule has 0 N–H and O–H groups in total. The monoisotopic (exact) mass is 359 g/mol. The zero-order chi connectivity index (χ0) is 18.4. The third-order valence-corrected chi connectivity index (χ3v) is 4.66. The van der Waals surface area contributed by atoms with Crippen LogP contribution in [-0.2, 0) is 6.42 Å². The van der Waals surface area contributed by atoms with Crippen LogP contribution in [0.5, 0.6) is 11.5 Å². The lowest BCUT2D eigenvalue weighted by Gasteiger charge is -2.27. The average Bonchev–Trinajstić information content (AvgIpc) is 2.62. The fourth-order valence-electron chi connectivity index (χ4n) is 3.02. The van der Waals surface area contributed by atoms with Gasteiger partial charge in [0.1, 0.15) is 0 Å². The third kappa shape index (κ3) is 4.77. The Balaban J connectivity index is 2.32. The Bertz CT molecular complexity index is 711. The van der Waals surface area contributed by atoms with Gasteiger partial charge in [-0.05, 0) is 67.9 Å².